The van der Waals surface area contributed by atoms with E-state index in [2.05, 4.69) is 147 Å². The molecule has 5 rings (SSSR count). The molecule has 0 aliphatic rings. The third-order valence-electron chi connectivity index (χ3n) is 8.48. The van der Waals surface area contributed by atoms with Gasteiger partial charge < -0.3 is 0 Å². The van der Waals surface area contributed by atoms with E-state index in [1.807, 2.05) is 0 Å². The van der Waals surface area contributed by atoms with E-state index in [-0.39, 0.29) is 6.71 Å². The van der Waals surface area contributed by atoms with Gasteiger partial charge in [0.1, 0.15) is 0 Å². The van der Waals surface area contributed by atoms with E-state index in [0.29, 0.717) is 0 Å². The van der Waals surface area contributed by atoms with Gasteiger partial charge in [0.25, 0.3) is 0 Å². The lowest BCUT2D eigenvalue weighted by atomic mass is 9.34. The molecule has 0 radical (unpaired) electrons. The average molecular weight is 521 g/mol. The van der Waals surface area contributed by atoms with Crippen molar-refractivity contribution in [3.63, 3.8) is 0 Å². The Morgan fingerprint density at radius 2 is 0.650 bits per heavy atom. The Hall–Kier alpha value is -3.84. The molecule has 0 amide bonds. The summed E-state index contributed by atoms with van der Waals surface area (Å²) in [6.45, 7) is 20.3. The highest BCUT2D eigenvalue weighted by molar-refractivity contribution is 6.96. The van der Waals surface area contributed by atoms with E-state index in [9.17, 15) is 0 Å². The smallest absolute Gasteiger partial charge is 0.0686 e. The molecule has 0 saturated heterocycles. The van der Waals surface area contributed by atoms with E-state index >= 15 is 0 Å². The van der Waals surface area contributed by atoms with Crippen LogP contribution in [0.4, 0.5) is 0 Å². The molecule has 0 fully saturated rings. The van der Waals surface area contributed by atoms with E-state index in [1.165, 1.54) is 88.7 Å². The molecule has 0 aliphatic heterocycles. The summed E-state index contributed by atoms with van der Waals surface area (Å²) in [5, 5.41) is 0. The Morgan fingerprint density at radius 1 is 0.350 bits per heavy atom. The molecule has 1 heteroatoms. The molecule has 5 aromatic rings. The first kappa shape index (κ1) is 27.7. The minimum Gasteiger partial charge on any atom is -0.0686 e. The van der Waals surface area contributed by atoms with Crippen LogP contribution in [0.25, 0.3) is 22.3 Å². The highest BCUT2D eigenvalue weighted by atomic mass is 14.1. The Balaban J connectivity index is 1.56. The van der Waals surface area contributed by atoms with Crippen molar-refractivity contribution in [2.45, 2.75) is 62.3 Å². The fourth-order valence-corrected chi connectivity index (χ4v) is 7.10. The molecule has 40 heavy (non-hydrogen) atoms. The standard InChI is InChI=1S/C39H41B/c1-24-18-27(4)37(28(5)19-24)35-12-10-33(11-13-35)34-14-16-36(17-15-34)40(38-29(6)20-25(2)21-30(38)7)39-31(8)22-26(3)23-32(39)9/h10-23H,1-9H3. The lowest BCUT2D eigenvalue weighted by molar-refractivity contribution is 1.32. The van der Waals surface area contributed by atoms with Crippen LogP contribution in [0.3, 0.4) is 0 Å². The maximum absolute atomic E-state index is 2.35. The summed E-state index contributed by atoms with van der Waals surface area (Å²) in [4.78, 5) is 0. The summed E-state index contributed by atoms with van der Waals surface area (Å²) >= 11 is 0. The molecule has 0 aromatic heterocycles. The number of benzene rings is 5. The molecule has 0 heterocycles. The van der Waals surface area contributed by atoms with Crippen LogP contribution >= 0.6 is 0 Å². The van der Waals surface area contributed by atoms with Crippen molar-refractivity contribution in [2.24, 2.45) is 0 Å². The molecule has 0 bridgehead atoms. The number of hydrogen-bond acceptors (Lipinski definition) is 0. The van der Waals surface area contributed by atoms with Gasteiger partial charge >= 0.3 is 0 Å². The highest BCUT2D eigenvalue weighted by Crippen LogP contribution is 2.30. The fraction of sp³-hybridized carbons (Fsp3) is 0.231. The molecule has 0 spiro atoms. The molecule has 0 aliphatic carbocycles. The molecule has 200 valence electrons. The van der Waals surface area contributed by atoms with Crippen LogP contribution in [0.2, 0.25) is 0 Å². The molecule has 0 unspecified atom stereocenters. The molecule has 5 aromatic carbocycles. The lowest BCUT2D eigenvalue weighted by Gasteiger charge is -2.24. The van der Waals surface area contributed by atoms with Crippen molar-refractivity contribution < 1.29 is 0 Å². The van der Waals surface area contributed by atoms with Crippen LogP contribution in [0, 0.1) is 62.3 Å². The van der Waals surface area contributed by atoms with Crippen LogP contribution in [0.5, 0.6) is 0 Å². The minimum absolute atomic E-state index is 0.199. The first-order valence-corrected chi connectivity index (χ1v) is 14.5. The fourth-order valence-electron chi connectivity index (χ4n) is 7.10. The normalized spacial score (nSPS) is 11.1. The molecular formula is C39H41B. The lowest BCUT2D eigenvalue weighted by Crippen LogP contribution is -2.55. The number of hydrogen-bond donors (Lipinski definition) is 0. The highest BCUT2D eigenvalue weighted by Gasteiger charge is 2.28. The molecule has 0 nitrogen and oxygen atoms in total. The van der Waals surface area contributed by atoms with E-state index in [4.69, 9.17) is 0 Å². The van der Waals surface area contributed by atoms with E-state index in [0.717, 1.165) is 0 Å². The largest absolute Gasteiger partial charge is 0.242 e. The van der Waals surface area contributed by atoms with Gasteiger partial charge in [-0.15, -0.1) is 0 Å². The van der Waals surface area contributed by atoms with Crippen LogP contribution in [0.1, 0.15) is 50.1 Å². The van der Waals surface area contributed by atoms with Gasteiger partial charge in [0, 0.05) is 0 Å². The van der Waals surface area contributed by atoms with Gasteiger partial charge in [-0.3, -0.25) is 0 Å². The average Bonchev–Trinajstić information content (AvgIpc) is 2.87. The summed E-state index contributed by atoms with van der Waals surface area (Å²) in [7, 11) is 0. The van der Waals surface area contributed by atoms with Gasteiger partial charge in [0.15, 0.2) is 0 Å². The minimum atomic E-state index is 0.199. The van der Waals surface area contributed by atoms with Crippen LogP contribution < -0.4 is 16.4 Å². The summed E-state index contributed by atoms with van der Waals surface area (Å²) in [5.41, 5.74) is 21.4. The summed E-state index contributed by atoms with van der Waals surface area (Å²) in [5.74, 6) is 0. The van der Waals surface area contributed by atoms with Crippen molar-refractivity contribution in [3.05, 3.63) is 135 Å². The van der Waals surface area contributed by atoms with Crippen LogP contribution in [-0.2, 0) is 0 Å². The van der Waals surface area contributed by atoms with Crippen LogP contribution in [-0.4, -0.2) is 6.71 Å². The van der Waals surface area contributed by atoms with Crippen molar-refractivity contribution in [3.8, 4) is 22.3 Å². The Labute approximate surface area is 242 Å². The second-order valence-electron chi connectivity index (χ2n) is 12.0. The number of aryl methyl sites for hydroxylation is 9. The van der Waals surface area contributed by atoms with Crippen molar-refractivity contribution in [1.82, 2.24) is 0 Å². The first-order valence-electron chi connectivity index (χ1n) is 14.5. The van der Waals surface area contributed by atoms with Crippen molar-refractivity contribution in [2.75, 3.05) is 0 Å². The quantitative estimate of drug-likeness (QED) is 0.205. The second kappa shape index (κ2) is 11.0. The first-order chi connectivity index (χ1) is 19.0. The zero-order valence-corrected chi connectivity index (χ0v) is 25.7. The molecule has 0 saturated carbocycles. The van der Waals surface area contributed by atoms with Crippen molar-refractivity contribution in [1.29, 1.82) is 0 Å². The Bertz CT molecular complexity index is 1580. The van der Waals surface area contributed by atoms with E-state index in [1.54, 1.807) is 0 Å². The second-order valence-corrected chi connectivity index (χ2v) is 12.0. The summed E-state index contributed by atoms with van der Waals surface area (Å²) in [6.07, 6.45) is 0. The maximum Gasteiger partial charge on any atom is 0.242 e. The van der Waals surface area contributed by atoms with Gasteiger partial charge in [-0.05, 0) is 95.7 Å². The topological polar surface area (TPSA) is 0 Å². The van der Waals surface area contributed by atoms with Gasteiger partial charge in [-0.1, -0.05) is 140 Å². The Kier molecular flexibility index (Phi) is 7.60. The zero-order valence-electron chi connectivity index (χ0n) is 25.7. The number of rotatable bonds is 5. The van der Waals surface area contributed by atoms with Crippen LogP contribution in [0.15, 0.2) is 84.9 Å². The third kappa shape index (κ3) is 5.30. The van der Waals surface area contributed by atoms with E-state index < -0.39 is 0 Å². The van der Waals surface area contributed by atoms with Gasteiger partial charge in [-0.25, -0.2) is 0 Å². The predicted molar refractivity (Wildman–Crippen MR) is 177 cm³/mol. The third-order valence-corrected chi connectivity index (χ3v) is 8.48. The molecule has 0 atom stereocenters. The maximum atomic E-state index is 2.35. The SMILES string of the molecule is Cc1cc(C)c(B(c2ccc(-c3ccc(-c4c(C)cc(C)cc4C)cc3)cc2)c2c(C)cc(C)cc2C)c(C)c1. The summed E-state index contributed by atoms with van der Waals surface area (Å²) in [6, 6.07) is 32.3. The molecule has 0 N–H and O–H groups in total. The van der Waals surface area contributed by atoms with Gasteiger partial charge in [0.05, 0.1) is 0 Å². The monoisotopic (exact) mass is 520 g/mol. The predicted octanol–water partition coefficient (Wildman–Crippen LogP) is 8.31. The van der Waals surface area contributed by atoms with Gasteiger partial charge in [-0.2, -0.15) is 0 Å². The molecular weight excluding hydrogens is 479 g/mol. The Morgan fingerprint density at radius 3 is 1.02 bits per heavy atom. The van der Waals surface area contributed by atoms with Crippen molar-refractivity contribution >= 4 is 23.1 Å². The zero-order chi connectivity index (χ0) is 28.7. The van der Waals surface area contributed by atoms with Gasteiger partial charge in [0.2, 0.25) is 6.71 Å². The summed E-state index contributed by atoms with van der Waals surface area (Å²) < 4.78 is 0.